The van der Waals surface area contributed by atoms with Crippen LogP contribution < -0.4 is 14.8 Å². The van der Waals surface area contributed by atoms with E-state index < -0.39 is 30.2 Å². The zero-order valence-corrected chi connectivity index (χ0v) is 19.6. The number of carbonyl (C=O) groups excluding carboxylic acids is 1. The Kier molecular flexibility index (Phi) is 6.94. The van der Waals surface area contributed by atoms with Crippen LogP contribution in [0.2, 0.25) is 0 Å². The number of para-hydroxylation sites is 1. The summed E-state index contributed by atoms with van der Waals surface area (Å²) < 4.78 is 48.5. The minimum atomic E-state index is -4.99. The molecule has 0 aliphatic carbocycles. The molecule has 0 radical (unpaired) electrons. The maximum atomic E-state index is 13.3. The van der Waals surface area contributed by atoms with Gasteiger partial charge in [-0.2, -0.15) is 0 Å². The predicted octanol–water partition coefficient (Wildman–Crippen LogP) is 5.47. The Morgan fingerprint density at radius 2 is 1.72 bits per heavy atom. The summed E-state index contributed by atoms with van der Waals surface area (Å²) in [7, 11) is 1.52. The van der Waals surface area contributed by atoms with Gasteiger partial charge in [0.1, 0.15) is 11.5 Å². The zero-order valence-electron chi connectivity index (χ0n) is 19.6. The van der Waals surface area contributed by atoms with E-state index in [9.17, 15) is 23.1 Å². The van der Waals surface area contributed by atoms with Crippen molar-refractivity contribution in [3.63, 3.8) is 0 Å². The fourth-order valence-corrected chi connectivity index (χ4v) is 4.06. The van der Waals surface area contributed by atoms with Crippen molar-refractivity contribution in [2.75, 3.05) is 13.7 Å². The van der Waals surface area contributed by atoms with E-state index in [1.807, 2.05) is 24.3 Å². The van der Waals surface area contributed by atoms with E-state index in [4.69, 9.17) is 4.74 Å². The van der Waals surface area contributed by atoms with Crippen LogP contribution in [0.4, 0.5) is 13.2 Å². The highest BCUT2D eigenvalue weighted by atomic mass is 19.4. The second-order valence-electron chi connectivity index (χ2n) is 8.70. The lowest BCUT2D eigenvalue weighted by Crippen LogP contribution is -2.50. The van der Waals surface area contributed by atoms with Crippen LogP contribution in [0.1, 0.15) is 22.8 Å². The second kappa shape index (κ2) is 9.94. The molecule has 188 valence electrons. The van der Waals surface area contributed by atoms with Gasteiger partial charge in [0, 0.05) is 17.1 Å². The maximum Gasteiger partial charge on any atom is 0.573 e. The Bertz CT molecular complexity index is 1370. The van der Waals surface area contributed by atoms with Gasteiger partial charge in [0.25, 0.3) is 5.91 Å². The summed E-state index contributed by atoms with van der Waals surface area (Å²) in [6.45, 7) is 1.19. The van der Waals surface area contributed by atoms with Gasteiger partial charge in [0.2, 0.25) is 0 Å². The van der Waals surface area contributed by atoms with Gasteiger partial charge in [-0.15, -0.1) is 13.2 Å². The molecule has 1 unspecified atom stereocenters. The van der Waals surface area contributed by atoms with Crippen molar-refractivity contribution in [1.82, 2.24) is 10.3 Å². The van der Waals surface area contributed by atoms with Crippen LogP contribution in [0.15, 0.2) is 72.9 Å². The van der Waals surface area contributed by atoms with Crippen molar-refractivity contribution < 1.29 is 32.5 Å². The number of aromatic nitrogens is 1. The average molecular weight is 499 g/mol. The van der Waals surface area contributed by atoms with E-state index in [-0.39, 0.29) is 12.0 Å². The summed E-state index contributed by atoms with van der Waals surface area (Å²) in [5.41, 5.74) is 1.47. The van der Waals surface area contributed by atoms with Gasteiger partial charge in [-0.3, -0.25) is 4.79 Å². The molecular weight excluding hydrogens is 473 g/mol. The third-order valence-electron chi connectivity index (χ3n) is 5.89. The highest BCUT2D eigenvalue weighted by Gasteiger charge is 2.34. The number of ether oxygens (including phenoxy) is 2. The van der Waals surface area contributed by atoms with Crippen LogP contribution in [0.3, 0.4) is 0 Å². The van der Waals surface area contributed by atoms with Gasteiger partial charge >= 0.3 is 6.36 Å². The number of aromatic amines is 1. The molecule has 1 aromatic heterocycles. The van der Waals surface area contributed by atoms with Crippen LogP contribution >= 0.6 is 0 Å². The number of H-pyrrole nitrogens is 1. The first-order valence-electron chi connectivity index (χ1n) is 11.1. The highest BCUT2D eigenvalue weighted by Crippen LogP contribution is 2.32. The Morgan fingerprint density at radius 1 is 1.03 bits per heavy atom. The van der Waals surface area contributed by atoms with Crippen molar-refractivity contribution in [1.29, 1.82) is 0 Å². The standard InChI is InChI=1S/C27H25F3N2O4/c1-26(16-33,14-19-15-31-23-6-4-3-5-21(19)23)32-25(34)22-13-18(9-12-24(22)36-27(28,29)30)17-7-10-20(35-2)11-8-17/h3-13,15,31,33H,14,16H2,1-2H3,(H,32,34). The quantitative estimate of drug-likeness (QED) is 0.301. The molecule has 1 heterocycles. The number of halogens is 3. The summed E-state index contributed by atoms with van der Waals surface area (Å²) in [6, 6.07) is 18.3. The summed E-state index contributed by atoms with van der Waals surface area (Å²) >= 11 is 0. The van der Waals surface area contributed by atoms with E-state index in [2.05, 4.69) is 15.0 Å². The number of benzene rings is 3. The summed E-state index contributed by atoms with van der Waals surface area (Å²) in [4.78, 5) is 16.4. The number of methoxy groups -OCH3 is 1. The molecule has 4 rings (SSSR count). The first-order valence-corrected chi connectivity index (χ1v) is 11.1. The van der Waals surface area contributed by atoms with E-state index >= 15 is 0 Å². The number of rotatable bonds is 8. The van der Waals surface area contributed by atoms with Crippen molar-refractivity contribution in [3.8, 4) is 22.6 Å². The third kappa shape index (κ3) is 5.63. The molecule has 1 atom stereocenters. The largest absolute Gasteiger partial charge is 0.573 e. The Labute approximate surface area is 205 Å². The molecule has 0 spiro atoms. The molecule has 3 N–H and O–H groups in total. The molecule has 0 bridgehead atoms. The molecule has 0 saturated carbocycles. The minimum absolute atomic E-state index is 0.243. The molecule has 3 aromatic carbocycles. The van der Waals surface area contributed by atoms with Crippen molar-refractivity contribution in [3.05, 3.63) is 84.1 Å². The number of fused-ring (bicyclic) bond motifs is 1. The fraction of sp³-hybridized carbons (Fsp3) is 0.222. The first-order chi connectivity index (χ1) is 17.1. The van der Waals surface area contributed by atoms with Crippen molar-refractivity contribution >= 4 is 16.8 Å². The predicted molar refractivity (Wildman–Crippen MR) is 130 cm³/mol. The number of aliphatic hydroxyl groups is 1. The van der Waals surface area contributed by atoms with E-state index in [1.54, 1.807) is 37.4 Å². The summed E-state index contributed by atoms with van der Waals surface area (Å²) in [5.74, 6) is -0.824. The number of hydrogen-bond donors (Lipinski definition) is 3. The minimum Gasteiger partial charge on any atom is -0.497 e. The number of alkyl halides is 3. The molecule has 0 aliphatic heterocycles. The van der Waals surface area contributed by atoms with Crippen LogP contribution in [-0.4, -0.2) is 41.6 Å². The van der Waals surface area contributed by atoms with Gasteiger partial charge in [-0.05, 0) is 60.4 Å². The number of carbonyl (C=O) groups is 1. The lowest BCUT2D eigenvalue weighted by molar-refractivity contribution is -0.274. The second-order valence-corrected chi connectivity index (χ2v) is 8.70. The molecule has 0 saturated heterocycles. The fourth-order valence-electron chi connectivity index (χ4n) is 4.06. The Morgan fingerprint density at radius 3 is 2.39 bits per heavy atom. The lowest BCUT2D eigenvalue weighted by Gasteiger charge is -2.29. The monoisotopic (exact) mass is 498 g/mol. The van der Waals surface area contributed by atoms with Gasteiger partial charge in [0.05, 0.1) is 24.8 Å². The van der Waals surface area contributed by atoms with Crippen molar-refractivity contribution in [2.24, 2.45) is 0 Å². The zero-order chi connectivity index (χ0) is 25.9. The number of amides is 1. The van der Waals surface area contributed by atoms with Crippen molar-refractivity contribution in [2.45, 2.75) is 25.2 Å². The first kappa shape index (κ1) is 25.1. The topological polar surface area (TPSA) is 83.6 Å². The normalized spacial score (nSPS) is 13.3. The Hall–Kier alpha value is -3.98. The van der Waals surface area contributed by atoms with Gasteiger partial charge in [-0.25, -0.2) is 0 Å². The molecule has 36 heavy (non-hydrogen) atoms. The lowest BCUT2D eigenvalue weighted by atomic mass is 9.92. The van der Waals surface area contributed by atoms with Gasteiger partial charge < -0.3 is 24.9 Å². The van der Waals surface area contributed by atoms with E-state index in [0.717, 1.165) is 22.5 Å². The number of hydrogen-bond acceptors (Lipinski definition) is 4. The third-order valence-corrected chi connectivity index (χ3v) is 5.89. The molecule has 0 aliphatic rings. The molecule has 0 fully saturated rings. The van der Waals surface area contributed by atoms with E-state index in [0.29, 0.717) is 16.9 Å². The van der Waals surface area contributed by atoms with Crippen LogP contribution in [0, 0.1) is 0 Å². The van der Waals surface area contributed by atoms with Crippen LogP contribution in [0.25, 0.3) is 22.0 Å². The molecule has 4 aromatic rings. The van der Waals surface area contributed by atoms with E-state index in [1.165, 1.54) is 19.2 Å². The SMILES string of the molecule is COc1ccc(-c2ccc(OC(F)(F)F)c(C(=O)NC(C)(CO)Cc3c[nH]c4ccccc34)c2)cc1. The summed E-state index contributed by atoms with van der Waals surface area (Å²) in [5, 5.41) is 13.8. The number of nitrogens with one attached hydrogen (secondary N) is 2. The molecule has 1 amide bonds. The average Bonchev–Trinajstić information content (AvgIpc) is 3.25. The maximum absolute atomic E-state index is 13.3. The molecular formula is C27H25F3N2O4. The smallest absolute Gasteiger partial charge is 0.497 e. The van der Waals surface area contributed by atoms with Gasteiger partial charge in [0.15, 0.2) is 0 Å². The molecule has 9 heteroatoms. The van der Waals surface area contributed by atoms with Crippen LogP contribution in [0.5, 0.6) is 11.5 Å². The van der Waals surface area contributed by atoms with Gasteiger partial charge in [-0.1, -0.05) is 36.4 Å². The number of aliphatic hydroxyl groups excluding tert-OH is 1. The Balaban J connectivity index is 1.66. The molecule has 6 nitrogen and oxygen atoms in total. The highest BCUT2D eigenvalue weighted by molar-refractivity contribution is 5.99. The summed E-state index contributed by atoms with van der Waals surface area (Å²) in [6.07, 6.45) is -2.96. The van der Waals surface area contributed by atoms with Crippen LogP contribution in [-0.2, 0) is 6.42 Å².